The van der Waals surface area contributed by atoms with Crippen LogP contribution in [0.5, 0.6) is 11.5 Å². The van der Waals surface area contributed by atoms with E-state index in [1.807, 2.05) is 65.2 Å². The van der Waals surface area contributed by atoms with Crippen molar-refractivity contribution in [2.75, 3.05) is 19.5 Å². The Morgan fingerprint density at radius 3 is 2.46 bits per heavy atom. The largest absolute Gasteiger partial charge is 0.493 e. The molecule has 10 nitrogen and oxygen atoms in total. The van der Waals surface area contributed by atoms with Crippen LogP contribution in [0.2, 0.25) is 0 Å². The molecule has 0 saturated heterocycles. The molecular formula is C26H24N6O4S. The van der Waals surface area contributed by atoms with Gasteiger partial charge in [0.05, 0.1) is 19.1 Å². The average Bonchev–Trinajstić information content (AvgIpc) is 3.36. The number of carbonyl (C=O) groups is 2. The zero-order chi connectivity index (χ0) is 26.0. The van der Waals surface area contributed by atoms with Crippen molar-refractivity contribution in [3.8, 4) is 28.6 Å². The molecule has 0 aliphatic heterocycles. The lowest BCUT2D eigenvalue weighted by Gasteiger charge is -2.10. The lowest BCUT2D eigenvalue weighted by Crippen LogP contribution is -2.20. The Kier molecular flexibility index (Phi) is 8.50. The van der Waals surface area contributed by atoms with Crippen LogP contribution in [0.3, 0.4) is 0 Å². The molecule has 3 aromatic carbocycles. The molecule has 1 heterocycles. The number of para-hydroxylation sites is 1. The molecule has 0 saturated carbocycles. The van der Waals surface area contributed by atoms with E-state index in [2.05, 4.69) is 20.7 Å². The van der Waals surface area contributed by atoms with E-state index in [0.717, 1.165) is 11.3 Å². The van der Waals surface area contributed by atoms with Crippen LogP contribution in [0.25, 0.3) is 17.1 Å². The Morgan fingerprint density at radius 2 is 1.76 bits per heavy atom. The predicted molar refractivity (Wildman–Crippen MR) is 141 cm³/mol. The van der Waals surface area contributed by atoms with E-state index >= 15 is 0 Å². The maximum Gasteiger partial charge on any atom is 0.255 e. The van der Waals surface area contributed by atoms with Crippen molar-refractivity contribution < 1.29 is 19.1 Å². The second-order valence-electron chi connectivity index (χ2n) is 7.59. The highest BCUT2D eigenvalue weighted by Gasteiger charge is 2.17. The lowest BCUT2D eigenvalue weighted by molar-refractivity contribution is -0.120. The quantitative estimate of drug-likeness (QED) is 0.178. The van der Waals surface area contributed by atoms with Crippen LogP contribution in [0.15, 0.2) is 89.1 Å². The molecule has 0 aliphatic carbocycles. The summed E-state index contributed by atoms with van der Waals surface area (Å²) >= 11 is 1.26. The number of hydrogen-bond acceptors (Lipinski definition) is 8. The van der Waals surface area contributed by atoms with E-state index in [-0.39, 0.29) is 18.3 Å². The molecule has 3 N–H and O–H groups in total. The minimum absolute atomic E-state index is 0.0836. The van der Waals surface area contributed by atoms with Gasteiger partial charge in [0.15, 0.2) is 29.1 Å². The molecule has 4 aromatic rings. The number of primary amides is 1. The summed E-state index contributed by atoms with van der Waals surface area (Å²) in [5.41, 5.74) is 10.1. The fourth-order valence-electron chi connectivity index (χ4n) is 3.32. The van der Waals surface area contributed by atoms with Crippen molar-refractivity contribution in [2.45, 2.75) is 5.16 Å². The van der Waals surface area contributed by atoms with E-state index in [9.17, 15) is 9.59 Å². The molecule has 37 heavy (non-hydrogen) atoms. The monoisotopic (exact) mass is 516 g/mol. The second-order valence-corrected chi connectivity index (χ2v) is 8.53. The third-order valence-electron chi connectivity index (χ3n) is 4.97. The first-order chi connectivity index (χ1) is 18.0. The Labute approximate surface area is 217 Å². The summed E-state index contributed by atoms with van der Waals surface area (Å²) in [5, 5.41) is 13.3. The van der Waals surface area contributed by atoms with Crippen molar-refractivity contribution in [3.05, 3.63) is 84.4 Å². The summed E-state index contributed by atoms with van der Waals surface area (Å²) in [4.78, 5) is 23.4. The average molecular weight is 517 g/mol. The van der Waals surface area contributed by atoms with Crippen molar-refractivity contribution in [1.29, 1.82) is 0 Å². The molecule has 188 valence electrons. The highest BCUT2D eigenvalue weighted by atomic mass is 32.2. The van der Waals surface area contributed by atoms with Gasteiger partial charge in [0, 0.05) is 11.3 Å². The standard InChI is InChI=1S/C26H24N6O4S/c1-35-22-14-18(12-13-21(22)36-16-23(27)33)15-28-29-24(34)17-37-26-31-30-25(19-8-4-2-5-9-19)32(26)20-10-6-3-7-11-20/h2-15H,16-17H2,1H3,(H2,27,33)(H,29,34)/b28-15-. The van der Waals surface area contributed by atoms with Gasteiger partial charge in [-0.25, -0.2) is 5.43 Å². The van der Waals surface area contributed by atoms with Crippen molar-refractivity contribution >= 4 is 29.8 Å². The first-order valence-electron chi connectivity index (χ1n) is 11.1. The maximum atomic E-state index is 12.5. The number of amides is 2. The summed E-state index contributed by atoms with van der Waals surface area (Å²) in [7, 11) is 1.48. The van der Waals surface area contributed by atoms with Crippen LogP contribution in [0.4, 0.5) is 0 Å². The molecule has 0 fully saturated rings. The topological polar surface area (TPSA) is 134 Å². The van der Waals surface area contributed by atoms with Crippen LogP contribution >= 0.6 is 11.8 Å². The molecule has 2 amide bonds. The molecule has 0 radical (unpaired) electrons. The number of hydrazone groups is 1. The summed E-state index contributed by atoms with van der Waals surface area (Å²) < 4.78 is 12.5. The summed E-state index contributed by atoms with van der Waals surface area (Å²) in [6.07, 6.45) is 1.48. The minimum Gasteiger partial charge on any atom is -0.493 e. The smallest absolute Gasteiger partial charge is 0.255 e. The van der Waals surface area contributed by atoms with Crippen molar-refractivity contribution in [3.63, 3.8) is 0 Å². The number of aromatic nitrogens is 3. The predicted octanol–water partition coefficient (Wildman–Crippen LogP) is 3.05. The van der Waals surface area contributed by atoms with Gasteiger partial charge in [-0.05, 0) is 35.9 Å². The van der Waals surface area contributed by atoms with E-state index in [1.165, 1.54) is 25.1 Å². The van der Waals surface area contributed by atoms with Crippen molar-refractivity contribution in [2.24, 2.45) is 10.8 Å². The first kappa shape index (κ1) is 25.5. The van der Waals surface area contributed by atoms with E-state index in [4.69, 9.17) is 15.2 Å². The minimum atomic E-state index is -0.591. The number of benzene rings is 3. The van der Waals surface area contributed by atoms with Gasteiger partial charge in [-0.15, -0.1) is 10.2 Å². The van der Waals surface area contributed by atoms with E-state index in [1.54, 1.807) is 18.2 Å². The second kappa shape index (κ2) is 12.4. The Morgan fingerprint density at radius 1 is 1.03 bits per heavy atom. The van der Waals surface area contributed by atoms with Gasteiger partial charge < -0.3 is 15.2 Å². The Bertz CT molecular complexity index is 1390. The van der Waals surface area contributed by atoms with Gasteiger partial charge in [0.1, 0.15) is 0 Å². The molecule has 0 unspecified atom stereocenters. The van der Waals surface area contributed by atoms with Crippen LogP contribution in [-0.2, 0) is 9.59 Å². The zero-order valence-corrected chi connectivity index (χ0v) is 20.7. The fourth-order valence-corrected chi connectivity index (χ4v) is 4.07. The van der Waals surface area contributed by atoms with Crippen LogP contribution in [-0.4, -0.2) is 52.3 Å². The van der Waals surface area contributed by atoms with Gasteiger partial charge in [-0.3, -0.25) is 14.2 Å². The number of carbonyl (C=O) groups excluding carboxylic acids is 2. The maximum absolute atomic E-state index is 12.5. The molecule has 4 rings (SSSR count). The van der Waals surface area contributed by atoms with Crippen LogP contribution < -0.4 is 20.6 Å². The number of nitrogens with zero attached hydrogens (tertiary/aromatic N) is 4. The van der Waals surface area contributed by atoms with Crippen LogP contribution in [0, 0.1) is 0 Å². The summed E-state index contributed by atoms with van der Waals surface area (Å²) in [6.45, 7) is -0.262. The number of ether oxygens (including phenoxy) is 2. The van der Waals surface area contributed by atoms with Gasteiger partial charge in [-0.1, -0.05) is 60.3 Å². The number of methoxy groups -OCH3 is 1. The van der Waals surface area contributed by atoms with Gasteiger partial charge in [-0.2, -0.15) is 5.10 Å². The summed E-state index contributed by atoms with van der Waals surface area (Å²) in [6, 6.07) is 24.5. The van der Waals surface area contributed by atoms with Gasteiger partial charge in [0.2, 0.25) is 0 Å². The molecular weight excluding hydrogens is 492 g/mol. The molecule has 0 atom stereocenters. The molecule has 0 aliphatic rings. The number of hydrogen-bond donors (Lipinski definition) is 2. The van der Waals surface area contributed by atoms with Crippen LogP contribution in [0.1, 0.15) is 5.56 Å². The highest BCUT2D eigenvalue weighted by molar-refractivity contribution is 7.99. The normalized spacial score (nSPS) is 10.8. The van der Waals surface area contributed by atoms with E-state index in [0.29, 0.717) is 28.0 Å². The molecule has 0 bridgehead atoms. The number of nitrogens with one attached hydrogen (secondary N) is 1. The third-order valence-corrected chi connectivity index (χ3v) is 5.90. The SMILES string of the molecule is COc1cc(/C=N\NC(=O)CSc2nnc(-c3ccccc3)n2-c2ccccc2)ccc1OCC(N)=O. The zero-order valence-electron chi connectivity index (χ0n) is 19.9. The van der Waals surface area contributed by atoms with Gasteiger partial charge >= 0.3 is 0 Å². The number of rotatable bonds is 11. The van der Waals surface area contributed by atoms with Gasteiger partial charge in [0.25, 0.3) is 11.8 Å². The molecule has 1 aromatic heterocycles. The lowest BCUT2D eigenvalue weighted by atomic mass is 10.2. The number of thioether (sulfide) groups is 1. The highest BCUT2D eigenvalue weighted by Crippen LogP contribution is 2.28. The third kappa shape index (κ3) is 6.73. The fraction of sp³-hybridized carbons (Fsp3) is 0.115. The summed E-state index contributed by atoms with van der Waals surface area (Å²) in [5.74, 6) is 0.646. The first-order valence-corrected chi connectivity index (χ1v) is 12.1. The van der Waals surface area contributed by atoms with Crippen molar-refractivity contribution in [1.82, 2.24) is 20.2 Å². The Balaban J connectivity index is 1.41. The number of nitrogens with two attached hydrogens (primary N) is 1. The van der Waals surface area contributed by atoms with E-state index < -0.39 is 5.91 Å². The molecule has 0 spiro atoms. The molecule has 11 heteroatoms. The Hall–Kier alpha value is -4.64.